The van der Waals surface area contributed by atoms with Crippen LogP contribution in [0, 0.1) is 0 Å². The minimum Gasteiger partial charge on any atom is -0.375 e. The van der Waals surface area contributed by atoms with Crippen molar-refractivity contribution in [3.05, 3.63) is 46.5 Å². The van der Waals surface area contributed by atoms with Crippen molar-refractivity contribution >= 4 is 22.4 Å². The first-order chi connectivity index (χ1) is 9.74. The van der Waals surface area contributed by atoms with Crippen LogP contribution >= 0.6 is 11.3 Å². The number of amides is 1. The van der Waals surface area contributed by atoms with Gasteiger partial charge in [-0.05, 0) is 25.0 Å². The molecule has 0 spiro atoms. The van der Waals surface area contributed by atoms with Crippen LogP contribution < -0.4 is 5.73 Å². The molecule has 102 valence electrons. The highest BCUT2D eigenvalue weighted by Gasteiger charge is 2.43. The van der Waals surface area contributed by atoms with Gasteiger partial charge < -0.3 is 10.6 Å². The number of hydrogen-bond acceptors (Lipinski definition) is 4. The maximum atomic E-state index is 12.7. The highest BCUT2D eigenvalue weighted by atomic mass is 32.1. The molecular weight excluding hydrogens is 270 g/mol. The molecule has 2 N–H and O–H groups in total. The van der Waals surface area contributed by atoms with Gasteiger partial charge in [-0.2, -0.15) is 0 Å². The van der Waals surface area contributed by atoms with Gasteiger partial charge in [0.05, 0.1) is 16.6 Å². The number of nitrogens with zero attached hydrogens (tertiary/aromatic N) is 2. The Hall–Kier alpha value is -1.88. The van der Waals surface area contributed by atoms with Crippen LogP contribution in [-0.4, -0.2) is 22.3 Å². The summed E-state index contributed by atoms with van der Waals surface area (Å²) < 4.78 is 0. The van der Waals surface area contributed by atoms with E-state index in [4.69, 9.17) is 5.73 Å². The number of aromatic nitrogens is 1. The molecule has 5 heteroatoms. The summed E-state index contributed by atoms with van der Waals surface area (Å²) in [4.78, 5) is 20.4. The predicted octanol–water partition coefficient (Wildman–Crippen LogP) is 2.80. The number of carbonyl (C=O) groups is 1. The number of benzene rings is 1. The smallest absolute Gasteiger partial charge is 0.254 e. The molecule has 3 aliphatic rings. The summed E-state index contributed by atoms with van der Waals surface area (Å²) in [5.74, 6) is 0.481. The van der Waals surface area contributed by atoms with E-state index in [2.05, 4.69) is 4.98 Å². The minimum absolute atomic E-state index is 0.123. The van der Waals surface area contributed by atoms with Gasteiger partial charge in [-0.1, -0.05) is 29.5 Å². The van der Waals surface area contributed by atoms with Gasteiger partial charge in [0.2, 0.25) is 0 Å². The first-order valence-corrected chi connectivity index (χ1v) is 7.68. The van der Waals surface area contributed by atoms with Gasteiger partial charge in [0, 0.05) is 18.0 Å². The highest BCUT2D eigenvalue weighted by molar-refractivity contribution is 7.15. The third kappa shape index (κ3) is 1.66. The largest absolute Gasteiger partial charge is 0.375 e. The zero-order chi connectivity index (χ0) is 13.7. The molecule has 2 atom stereocenters. The average molecular weight is 285 g/mol. The van der Waals surface area contributed by atoms with E-state index in [0.717, 1.165) is 30.6 Å². The van der Waals surface area contributed by atoms with Crippen molar-refractivity contribution in [2.45, 2.75) is 24.8 Å². The number of nitrogens with two attached hydrogens (primary N) is 1. The Morgan fingerprint density at radius 3 is 2.90 bits per heavy atom. The van der Waals surface area contributed by atoms with Crippen molar-refractivity contribution in [2.24, 2.45) is 0 Å². The maximum absolute atomic E-state index is 12.7. The fourth-order valence-electron chi connectivity index (χ4n) is 3.33. The fraction of sp³-hybridized carbons (Fsp3) is 0.333. The molecule has 0 saturated carbocycles. The summed E-state index contributed by atoms with van der Waals surface area (Å²) in [5, 5.41) is 0.626. The quantitative estimate of drug-likeness (QED) is 0.876. The van der Waals surface area contributed by atoms with Crippen LogP contribution in [0.15, 0.2) is 30.3 Å². The molecule has 20 heavy (non-hydrogen) atoms. The molecule has 1 aromatic carbocycles. The number of piperidine rings is 1. The van der Waals surface area contributed by atoms with Crippen LogP contribution in [0.5, 0.6) is 0 Å². The Bertz CT molecular complexity index is 667. The molecular formula is C15H15N3OS. The Labute approximate surface area is 121 Å². The van der Waals surface area contributed by atoms with E-state index in [1.165, 1.54) is 4.88 Å². The van der Waals surface area contributed by atoms with Gasteiger partial charge in [-0.25, -0.2) is 4.98 Å². The number of hydrogen-bond donors (Lipinski definition) is 1. The fourth-order valence-corrected chi connectivity index (χ4v) is 4.40. The van der Waals surface area contributed by atoms with E-state index in [1.807, 2.05) is 35.2 Å². The van der Waals surface area contributed by atoms with Crippen molar-refractivity contribution in [3.8, 4) is 0 Å². The van der Waals surface area contributed by atoms with Crippen LogP contribution in [0.4, 0.5) is 5.13 Å². The summed E-state index contributed by atoms with van der Waals surface area (Å²) >= 11 is 1.54. The molecule has 2 aromatic rings. The van der Waals surface area contributed by atoms with Gasteiger partial charge in [0.1, 0.15) is 0 Å². The van der Waals surface area contributed by atoms with E-state index in [-0.39, 0.29) is 11.9 Å². The van der Waals surface area contributed by atoms with Gasteiger partial charge in [0.15, 0.2) is 5.13 Å². The zero-order valence-electron chi connectivity index (χ0n) is 11.0. The van der Waals surface area contributed by atoms with Crippen LogP contribution in [-0.2, 0) is 0 Å². The Balaban J connectivity index is 1.71. The normalized spacial score (nSPS) is 23.7. The van der Waals surface area contributed by atoms with Crippen LogP contribution in [0.2, 0.25) is 0 Å². The van der Waals surface area contributed by atoms with E-state index in [1.54, 1.807) is 11.3 Å². The molecule has 3 heterocycles. The summed E-state index contributed by atoms with van der Waals surface area (Å²) in [6, 6.07) is 9.68. The van der Waals surface area contributed by atoms with Crippen LogP contribution in [0.25, 0.3) is 0 Å². The lowest BCUT2D eigenvalue weighted by atomic mass is 9.81. The van der Waals surface area contributed by atoms with E-state index in [0.29, 0.717) is 11.0 Å². The number of carbonyl (C=O) groups excluding carboxylic acids is 1. The Morgan fingerprint density at radius 2 is 2.10 bits per heavy atom. The van der Waals surface area contributed by atoms with Crippen molar-refractivity contribution in [1.82, 2.24) is 9.88 Å². The lowest BCUT2D eigenvalue weighted by molar-refractivity contribution is 0.0545. The molecule has 1 aliphatic carbocycles. The van der Waals surface area contributed by atoms with E-state index < -0.39 is 0 Å². The van der Waals surface area contributed by atoms with Crippen LogP contribution in [0.3, 0.4) is 0 Å². The minimum atomic E-state index is 0.123. The lowest BCUT2D eigenvalue weighted by Gasteiger charge is -2.44. The Morgan fingerprint density at radius 1 is 1.30 bits per heavy atom. The number of fused-ring (bicyclic) bond motifs is 2. The van der Waals surface area contributed by atoms with E-state index in [9.17, 15) is 4.79 Å². The molecule has 4 nitrogen and oxygen atoms in total. The molecule has 2 aliphatic heterocycles. The third-order valence-corrected chi connectivity index (χ3v) is 5.25. The summed E-state index contributed by atoms with van der Waals surface area (Å²) in [5.41, 5.74) is 7.75. The predicted molar refractivity (Wildman–Crippen MR) is 78.7 cm³/mol. The van der Waals surface area contributed by atoms with Gasteiger partial charge >= 0.3 is 0 Å². The van der Waals surface area contributed by atoms with E-state index >= 15 is 0 Å². The van der Waals surface area contributed by atoms with Crippen molar-refractivity contribution in [1.29, 1.82) is 0 Å². The number of rotatable bonds is 1. The number of nitrogen functional groups attached to an aromatic ring is 1. The first-order valence-electron chi connectivity index (χ1n) is 6.86. The zero-order valence-corrected chi connectivity index (χ0v) is 11.8. The lowest BCUT2D eigenvalue weighted by Crippen LogP contribution is -2.45. The van der Waals surface area contributed by atoms with Crippen molar-refractivity contribution < 1.29 is 4.79 Å². The highest BCUT2D eigenvalue weighted by Crippen LogP contribution is 2.49. The molecule has 5 rings (SSSR count). The molecule has 2 bridgehead atoms. The maximum Gasteiger partial charge on any atom is 0.254 e. The standard InChI is InChI=1S/C15H15N3OS/c16-15-17-12-10-6-7-11(13(12)20-15)18(8-10)14(19)9-4-2-1-3-5-9/h1-5,10-11H,6-8H2,(H2,16,17). The SMILES string of the molecule is Nc1nc2c(s1)C1CCC2CN1C(=O)c1ccccc1. The van der Waals surface area contributed by atoms with Gasteiger partial charge in [0.25, 0.3) is 5.91 Å². The molecule has 1 fully saturated rings. The second-order valence-corrected chi connectivity index (χ2v) is 6.48. The molecule has 2 unspecified atom stereocenters. The average Bonchev–Trinajstić information content (AvgIpc) is 2.91. The Kier molecular flexibility index (Phi) is 2.57. The summed E-state index contributed by atoms with van der Waals surface area (Å²) in [7, 11) is 0. The van der Waals surface area contributed by atoms with Crippen molar-refractivity contribution in [2.75, 3.05) is 12.3 Å². The second kappa shape index (κ2) is 4.31. The molecule has 1 amide bonds. The molecule has 1 aromatic heterocycles. The van der Waals surface area contributed by atoms with Gasteiger partial charge in [-0.3, -0.25) is 4.79 Å². The van der Waals surface area contributed by atoms with Crippen LogP contribution in [0.1, 0.15) is 45.7 Å². The monoisotopic (exact) mass is 285 g/mol. The van der Waals surface area contributed by atoms with Gasteiger partial charge in [-0.15, -0.1) is 0 Å². The number of thiazole rings is 1. The third-order valence-electron chi connectivity index (χ3n) is 4.25. The first kappa shape index (κ1) is 11.9. The number of anilines is 1. The summed E-state index contributed by atoms with van der Waals surface area (Å²) in [6.45, 7) is 0.772. The molecule has 1 saturated heterocycles. The van der Waals surface area contributed by atoms with Crippen molar-refractivity contribution in [3.63, 3.8) is 0 Å². The molecule has 0 radical (unpaired) electrons. The topological polar surface area (TPSA) is 59.2 Å². The summed E-state index contributed by atoms with van der Waals surface area (Å²) in [6.07, 6.45) is 2.14. The second-order valence-electron chi connectivity index (χ2n) is 5.42.